The number of hydrogen-bond donors (Lipinski definition) is 8. The van der Waals surface area contributed by atoms with Gasteiger partial charge in [-0.2, -0.15) is 0 Å². The minimum Gasteiger partial charge on any atom is -0.370 e. The van der Waals surface area contributed by atoms with Crippen LogP contribution in [0, 0.1) is 0 Å². The van der Waals surface area contributed by atoms with E-state index in [1.165, 1.54) is 0 Å². The number of nitrogens with one attached hydrogen (secondary N) is 4. The number of guanidine groups is 1. The molecule has 1 aliphatic heterocycles. The molecule has 1 saturated heterocycles. The van der Waals surface area contributed by atoms with E-state index in [-0.39, 0.29) is 24.2 Å². The van der Waals surface area contributed by atoms with Crippen LogP contribution >= 0.6 is 0 Å². The molecule has 0 spiro atoms. The zero-order chi connectivity index (χ0) is 27.5. The van der Waals surface area contributed by atoms with Gasteiger partial charge in [0.1, 0.15) is 18.1 Å². The molecule has 1 heterocycles. The lowest BCUT2D eigenvalue weighted by Gasteiger charge is -2.26. The average Bonchev–Trinajstić information content (AvgIpc) is 2.85. The van der Waals surface area contributed by atoms with E-state index in [1.54, 1.807) is 0 Å². The molecule has 0 aromatic rings. The number of carbonyl (C=O) groups excluding carboxylic acids is 4. The highest BCUT2D eigenvalue weighted by Gasteiger charge is 2.29. The van der Waals surface area contributed by atoms with Gasteiger partial charge in [-0.05, 0) is 77.3 Å². The summed E-state index contributed by atoms with van der Waals surface area (Å²) in [6.45, 7) is 1.69. The second-order valence-electron chi connectivity index (χ2n) is 9.36. The Balaban J connectivity index is 3.08. The van der Waals surface area contributed by atoms with Crippen molar-refractivity contribution in [3.8, 4) is 0 Å². The molecule has 3 atom stereocenters. The number of hydrogen-bond acceptors (Lipinski definition) is 7. The van der Waals surface area contributed by atoms with E-state index in [1.807, 2.05) is 0 Å². The average molecular weight is 526 g/mol. The van der Waals surface area contributed by atoms with Gasteiger partial charge in [0.05, 0.1) is 0 Å². The SMILES string of the molecule is NCCCCC1NC(=O)CCCCCNC(=O)C(CCCN=C(N)N)NC(=O)C(CCCCN)NC1=O. The highest BCUT2D eigenvalue weighted by molar-refractivity contribution is 5.94. The highest BCUT2D eigenvalue weighted by Crippen LogP contribution is 2.09. The van der Waals surface area contributed by atoms with Gasteiger partial charge in [-0.15, -0.1) is 0 Å². The summed E-state index contributed by atoms with van der Waals surface area (Å²) in [4.78, 5) is 55.7. The van der Waals surface area contributed by atoms with Crippen LogP contribution < -0.4 is 44.2 Å². The molecule has 0 aliphatic carbocycles. The lowest BCUT2D eigenvalue weighted by Crippen LogP contribution is -2.56. The van der Waals surface area contributed by atoms with E-state index in [2.05, 4.69) is 26.3 Å². The van der Waals surface area contributed by atoms with E-state index in [0.717, 1.165) is 12.8 Å². The Labute approximate surface area is 219 Å². The van der Waals surface area contributed by atoms with Crippen molar-refractivity contribution in [1.82, 2.24) is 21.3 Å². The van der Waals surface area contributed by atoms with Crippen molar-refractivity contribution in [2.45, 2.75) is 95.2 Å². The number of unbranched alkanes of at least 4 members (excludes halogenated alkanes) is 2. The molecule has 0 bridgehead atoms. The van der Waals surface area contributed by atoms with Crippen LogP contribution in [0.5, 0.6) is 0 Å². The van der Waals surface area contributed by atoms with Crippen molar-refractivity contribution in [3.63, 3.8) is 0 Å². The maximum Gasteiger partial charge on any atom is 0.243 e. The van der Waals surface area contributed by atoms with Crippen LogP contribution in [0.2, 0.25) is 0 Å². The van der Waals surface area contributed by atoms with E-state index < -0.39 is 29.9 Å². The van der Waals surface area contributed by atoms with Crippen LogP contribution in [0.15, 0.2) is 4.99 Å². The largest absolute Gasteiger partial charge is 0.370 e. The van der Waals surface area contributed by atoms with Crippen LogP contribution in [0.1, 0.15) is 77.0 Å². The molecule has 0 saturated carbocycles. The fourth-order valence-corrected chi connectivity index (χ4v) is 4.03. The number of aliphatic imine (C=N–C) groups is 1. The first kappa shape index (κ1) is 32.1. The van der Waals surface area contributed by atoms with Crippen LogP contribution in [-0.2, 0) is 19.2 Å². The summed E-state index contributed by atoms with van der Waals surface area (Å²) in [7, 11) is 0. The summed E-state index contributed by atoms with van der Waals surface area (Å²) in [6.07, 6.45) is 6.60. The highest BCUT2D eigenvalue weighted by atomic mass is 16.2. The quantitative estimate of drug-likeness (QED) is 0.0841. The smallest absolute Gasteiger partial charge is 0.243 e. The summed E-state index contributed by atoms with van der Waals surface area (Å²) in [5.74, 6) is -1.46. The molecule has 37 heavy (non-hydrogen) atoms. The number of amides is 4. The van der Waals surface area contributed by atoms with Gasteiger partial charge in [-0.25, -0.2) is 0 Å². The number of nitrogens with zero attached hydrogens (tertiary/aromatic N) is 1. The number of carbonyl (C=O) groups is 4. The minimum atomic E-state index is -0.881. The lowest BCUT2D eigenvalue weighted by atomic mass is 10.0. The number of rotatable bonds is 12. The maximum atomic E-state index is 13.3. The fraction of sp³-hybridized carbons (Fsp3) is 0.792. The summed E-state index contributed by atoms with van der Waals surface area (Å²) in [6, 6.07) is -2.45. The van der Waals surface area contributed by atoms with Gasteiger partial charge in [0.2, 0.25) is 23.6 Å². The van der Waals surface area contributed by atoms with E-state index in [0.29, 0.717) is 84.0 Å². The monoisotopic (exact) mass is 525 g/mol. The molecular weight excluding hydrogens is 478 g/mol. The second kappa shape index (κ2) is 19.2. The molecule has 13 heteroatoms. The van der Waals surface area contributed by atoms with E-state index in [4.69, 9.17) is 22.9 Å². The Morgan fingerprint density at radius 1 is 0.703 bits per heavy atom. The van der Waals surface area contributed by atoms with E-state index in [9.17, 15) is 19.2 Å². The standard InChI is InChI=1S/C24H47N9O4/c25-13-5-3-9-18-22(36)33-19(10-4-6-14-26)23(37)32-17(11-8-16-30-24(27)28)21(35)29-15-7-1-2-12-20(34)31-18/h17-19H,1-16,25-26H2,(H,29,35)(H,31,34)(H,32,37)(H,33,36)(H4,27,28,30). The topological polar surface area (TPSA) is 233 Å². The van der Waals surface area contributed by atoms with E-state index >= 15 is 0 Å². The number of nitrogens with two attached hydrogens (primary N) is 4. The third-order valence-electron chi connectivity index (χ3n) is 6.14. The van der Waals surface area contributed by atoms with Crippen molar-refractivity contribution < 1.29 is 19.2 Å². The maximum absolute atomic E-state index is 13.3. The second-order valence-corrected chi connectivity index (χ2v) is 9.36. The summed E-state index contributed by atoms with van der Waals surface area (Å²) in [5.41, 5.74) is 22.0. The zero-order valence-electron chi connectivity index (χ0n) is 21.9. The molecule has 1 fully saturated rings. The van der Waals surface area contributed by atoms with Crippen molar-refractivity contribution >= 4 is 29.6 Å². The Morgan fingerprint density at radius 3 is 1.81 bits per heavy atom. The van der Waals surface area contributed by atoms with Gasteiger partial charge >= 0.3 is 0 Å². The summed E-state index contributed by atoms with van der Waals surface area (Å²) >= 11 is 0. The minimum absolute atomic E-state index is 0.0396. The molecule has 1 rings (SSSR count). The van der Waals surface area contributed by atoms with Crippen molar-refractivity contribution in [2.24, 2.45) is 27.9 Å². The molecule has 0 radical (unpaired) electrons. The van der Waals surface area contributed by atoms with Crippen LogP contribution in [0.4, 0.5) is 0 Å². The Hall–Kier alpha value is -2.93. The first-order chi connectivity index (χ1) is 17.8. The molecule has 0 aromatic heterocycles. The van der Waals surface area contributed by atoms with Crippen molar-refractivity contribution in [1.29, 1.82) is 0 Å². The molecule has 4 amide bonds. The first-order valence-corrected chi connectivity index (χ1v) is 13.4. The Bertz CT molecular complexity index is 744. The van der Waals surface area contributed by atoms with Gasteiger partial charge in [0.15, 0.2) is 5.96 Å². The molecule has 3 unspecified atom stereocenters. The van der Waals surface area contributed by atoms with Gasteiger partial charge in [0.25, 0.3) is 0 Å². The van der Waals surface area contributed by atoms with Gasteiger partial charge in [-0.1, -0.05) is 6.42 Å². The zero-order valence-corrected chi connectivity index (χ0v) is 21.9. The molecule has 212 valence electrons. The van der Waals surface area contributed by atoms with Crippen molar-refractivity contribution in [3.05, 3.63) is 0 Å². The van der Waals surface area contributed by atoms with Gasteiger partial charge in [-0.3, -0.25) is 24.2 Å². The van der Waals surface area contributed by atoms with Gasteiger partial charge < -0.3 is 44.2 Å². The molecular formula is C24H47N9O4. The Morgan fingerprint density at radius 2 is 1.24 bits per heavy atom. The van der Waals surface area contributed by atoms with Crippen LogP contribution in [0.25, 0.3) is 0 Å². The molecule has 1 aliphatic rings. The van der Waals surface area contributed by atoms with Crippen molar-refractivity contribution in [2.75, 3.05) is 26.2 Å². The summed E-state index contributed by atoms with van der Waals surface area (Å²) < 4.78 is 0. The van der Waals surface area contributed by atoms with Crippen LogP contribution in [-0.4, -0.2) is 73.9 Å². The first-order valence-electron chi connectivity index (χ1n) is 13.4. The third kappa shape index (κ3) is 14.4. The summed E-state index contributed by atoms with van der Waals surface area (Å²) in [5, 5.41) is 11.3. The fourth-order valence-electron chi connectivity index (χ4n) is 4.03. The van der Waals surface area contributed by atoms with Gasteiger partial charge in [0, 0.05) is 19.5 Å². The third-order valence-corrected chi connectivity index (χ3v) is 6.14. The predicted octanol–water partition coefficient (Wildman–Crippen LogP) is -1.56. The molecule has 0 aromatic carbocycles. The predicted molar refractivity (Wildman–Crippen MR) is 143 cm³/mol. The molecule has 12 N–H and O–H groups in total. The Kier molecular flexibility index (Phi) is 16.7. The van der Waals surface area contributed by atoms with Crippen LogP contribution in [0.3, 0.4) is 0 Å². The normalized spacial score (nSPS) is 22.4. The molecule has 13 nitrogen and oxygen atoms in total. The lowest BCUT2D eigenvalue weighted by molar-refractivity contribution is -0.134.